The van der Waals surface area contributed by atoms with Gasteiger partial charge in [-0.1, -0.05) is 20.8 Å². The third-order valence-electron chi connectivity index (χ3n) is 3.24. The first kappa shape index (κ1) is 18.0. The molecule has 2 aromatic heterocycles. The van der Waals surface area contributed by atoms with Gasteiger partial charge in [-0.2, -0.15) is 18.3 Å². The number of esters is 1. The van der Waals surface area contributed by atoms with Crippen LogP contribution in [0.1, 0.15) is 50.8 Å². The van der Waals surface area contributed by atoms with Crippen LogP contribution in [0.2, 0.25) is 0 Å². The second kappa shape index (κ2) is 7.02. The molecule has 8 heteroatoms. The summed E-state index contributed by atoms with van der Waals surface area (Å²) in [7, 11) is 0. The largest absolute Gasteiger partial charge is 0.423 e. The van der Waals surface area contributed by atoms with Crippen molar-refractivity contribution in [3.8, 4) is 11.6 Å². The molecule has 0 saturated carbocycles. The minimum atomic E-state index is -4.44. The van der Waals surface area contributed by atoms with Crippen LogP contribution in [0, 0.1) is 0 Å². The summed E-state index contributed by atoms with van der Waals surface area (Å²) < 4.78 is 44.4. The van der Waals surface area contributed by atoms with E-state index in [0.717, 1.165) is 12.3 Å². The summed E-state index contributed by atoms with van der Waals surface area (Å²) >= 11 is 0. The zero-order chi connectivity index (χ0) is 17.9. The first-order valence-corrected chi connectivity index (χ1v) is 7.56. The smallest absolute Gasteiger partial charge is 0.417 e. The number of ether oxygens (including phenoxy) is 1. The Bertz CT molecular complexity index is 706. The summed E-state index contributed by atoms with van der Waals surface area (Å²) in [6.07, 6.45) is -1.31. The quantitative estimate of drug-likeness (QED) is 0.768. The highest BCUT2D eigenvalue weighted by Crippen LogP contribution is 2.30. The van der Waals surface area contributed by atoms with Gasteiger partial charge in [0.25, 0.3) is 0 Å². The number of pyridine rings is 1. The van der Waals surface area contributed by atoms with Crippen molar-refractivity contribution in [1.82, 2.24) is 14.8 Å². The minimum Gasteiger partial charge on any atom is -0.423 e. The van der Waals surface area contributed by atoms with Gasteiger partial charge in [0.2, 0.25) is 0 Å². The summed E-state index contributed by atoms with van der Waals surface area (Å²) in [5.41, 5.74) is -0.293. The maximum absolute atomic E-state index is 12.6. The van der Waals surface area contributed by atoms with E-state index in [1.54, 1.807) is 0 Å². The van der Waals surface area contributed by atoms with Crippen LogP contribution >= 0.6 is 0 Å². The van der Waals surface area contributed by atoms with E-state index in [4.69, 9.17) is 4.74 Å². The highest BCUT2D eigenvalue weighted by Gasteiger charge is 2.30. The molecule has 24 heavy (non-hydrogen) atoms. The van der Waals surface area contributed by atoms with E-state index in [-0.39, 0.29) is 24.1 Å². The van der Waals surface area contributed by atoms with Crippen molar-refractivity contribution in [2.45, 2.75) is 45.7 Å². The van der Waals surface area contributed by atoms with Crippen molar-refractivity contribution in [3.05, 3.63) is 35.8 Å². The fourth-order valence-corrected chi connectivity index (χ4v) is 2.03. The molecule has 0 aromatic carbocycles. The van der Waals surface area contributed by atoms with Gasteiger partial charge >= 0.3 is 12.1 Å². The summed E-state index contributed by atoms with van der Waals surface area (Å²) in [6.45, 7) is 5.62. The number of hydrogen-bond donors (Lipinski definition) is 0. The Labute approximate surface area is 137 Å². The highest BCUT2D eigenvalue weighted by atomic mass is 19.4. The van der Waals surface area contributed by atoms with Crippen LogP contribution in [-0.4, -0.2) is 20.7 Å². The lowest BCUT2D eigenvalue weighted by Crippen LogP contribution is -2.08. The minimum absolute atomic E-state index is 0.0230. The number of nitrogens with zero attached hydrogens (tertiary/aromatic N) is 3. The van der Waals surface area contributed by atoms with Gasteiger partial charge in [0, 0.05) is 18.5 Å². The lowest BCUT2D eigenvalue weighted by molar-refractivity contribution is -0.138. The Morgan fingerprint density at radius 3 is 2.54 bits per heavy atom. The van der Waals surface area contributed by atoms with E-state index in [0.29, 0.717) is 17.9 Å². The van der Waals surface area contributed by atoms with Crippen molar-refractivity contribution in [2.75, 3.05) is 0 Å². The van der Waals surface area contributed by atoms with E-state index in [9.17, 15) is 18.0 Å². The predicted octanol–water partition coefficient (Wildman–Crippen LogP) is 4.12. The monoisotopic (exact) mass is 341 g/mol. The van der Waals surface area contributed by atoms with Gasteiger partial charge in [-0.25, -0.2) is 9.67 Å². The van der Waals surface area contributed by atoms with Crippen LogP contribution in [0.15, 0.2) is 24.5 Å². The van der Waals surface area contributed by atoms with Gasteiger partial charge in [0.05, 0.1) is 11.8 Å². The summed E-state index contributed by atoms with van der Waals surface area (Å²) in [4.78, 5) is 15.5. The zero-order valence-electron chi connectivity index (χ0n) is 13.6. The summed E-state index contributed by atoms with van der Waals surface area (Å²) in [5.74, 6) is 0.109. The molecule has 0 radical (unpaired) electrons. The SMILES string of the molecule is CCCC(=O)Oc1cn(-c2ccc(C(F)(F)F)cn2)nc1C(C)C. The van der Waals surface area contributed by atoms with E-state index < -0.39 is 11.7 Å². The Hall–Kier alpha value is -2.38. The average molecular weight is 341 g/mol. The van der Waals surface area contributed by atoms with E-state index in [2.05, 4.69) is 10.1 Å². The number of carbonyl (C=O) groups is 1. The van der Waals surface area contributed by atoms with E-state index in [1.807, 2.05) is 20.8 Å². The second-order valence-corrected chi connectivity index (χ2v) is 5.60. The van der Waals surface area contributed by atoms with Crippen molar-refractivity contribution in [1.29, 1.82) is 0 Å². The lowest BCUT2D eigenvalue weighted by Gasteiger charge is -2.06. The topological polar surface area (TPSA) is 57.0 Å². The third kappa shape index (κ3) is 4.12. The molecule has 0 aliphatic heterocycles. The van der Waals surface area contributed by atoms with Gasteiger partial charge in [-0.3, -0.25) is 4.79 Å². The van der Waals surface area contributed by atoms with Crippen molar-refractivity contribution < 1.29 is 22.7 Å². The van der Waals surface area contributed by atoms with Crippen LogP contribution < -0.4 is 4.74 Å². The molecule has 0 atom stereocenters. The van der Waals surface area contributed by atoms with Crippen LogP contribution in [0.25, 0.3) is 5.82 Å². The Kier molecular flexibility index (Phi) is 5.26. The average Bonchev–Trinajstić information content (AvgIpc) is 2.90. The Balaban J connectivity index is 2.32. The molecule has 0 aliphatic rings. The molecular formula is C16H18F3N3O2. The maximum atomic E-state index is 12.6. The fourth-order valence-electron chi connectivity index (χ4n) is 2.03. The molecule has 5 nitrogen and oxygen atoms in total. The molecule has 2 aromatic rings. The van der Waals surface area contributed by atoms with Crippen molar-refractivity contribution in [2.24, 2.45) is 0 Å². The van der Waals surface area contributed by atoms with Crippen molar-refractivity contribution in [3.63, 3.8) is 0 Å². The van der Waals surface area contributed by atoms with Crippen LogP contribution in [0.3, 0.4) is 0 Å². The van der Waals surface area contributed by atoms with Gasteiger partial charge in [0.1, 0.15) is 5.69 Å². The van der Waals surface area contributed by atoms with Crippen molar-refractivity contribution >= 4 is 5.97 Å². The lowest BCUT2D eigenvalue weighted by atomic mass is 10.1. The zero-order valence-corrected chi connectivity index (χ0v) is 13.6. The van der Waals surface area contributed by atoms with Gasteiger partial charge in [-0.05, 0) is 18.6 Å². The normalized spacial score (nSPS) is 11.8. The van der Waals surface area contributed by atoms with Crippen LogP contribution in [-0.2, 0) is 11.0 Å². The Morgan fingerprint density at radius 1 is 1.33 bits per heavy atom. The molecule has 0 unspecified atom stereocenters. The van der Waals surface area contributed by atoms with Crippen LogP contribution in [0.5, 0.6) is 5.75 Å². The predicted molar refractivity (Wildman–Crippen MR) is 81.0 cm³/mol. The second-order valence-electron chi connectivity index (χ2n) is 5.60. The first-order valence-electron chi connectivity index (χ1n) is 7.56. The Morgan fingerprint density at radius 2 is 2.04 bits per heavy atom. The standard InChI is InChI=1S/C16H18F3N3O2/c1-4-5-14(23)24-12-9-22(21-15(12)10(2)3)13-7-6-11(8-20-13)16(17,18)19/h6-10H,4-5H2,1-3H3. The molecule has 0 saturated heterocycles. The number of carbonyl (C=O) groups excluding carboxylic acids is 1. The molecule has 0 spiro atoms. The van der Waals surface area contributed by atoms with Gasteiger partial charge in [0.15, 0.2) is 11.6 Å². The van der Waals surface area contributed by atoms with Gasteiger partial charge in [-0.15, -0.1) is 0 Å². The highest BCUT2D eigenvalue weighted by molar-refractivity contribution is 5.72. The third-order valence-corrected chi connectivity index (χ3v) is 3.24. The molecule has 2 rings (SSSR count). The van der Waals surface area contributed by atoms with Crippen LogP contribution in [0.4, 0.5) is 13.2 Å². The number of aromatic nitrogens is 3. The number of hydrogen-bond acceptors (Lipinski definition) is 4. The molecule has 0 aliphatic carbocycles. The van der Waals surface area contributed by atoms with E-state index in [1.165, 1.54) is 16.9 Å². The first-order chi connectivity index (χ1) is 11.2. The fraction of sp³-hybridized carbons (Fsp3) is 0.438. The molecule has 130 valence electrons. The molecule has 0 bridgehead atoms. The van der Waals surface area contributed by atoms with Gasteiger partial charge < -0.3 is 4.74 Å². The summed E-state index contributed by atoms with van der Waals surface area (Å²) in [6, 6.07) is 2.15. The summed E-state index contributed by atoms with van der Waals surface area (Å²) in [5, 5.41) is 4.28. The molecule has 0 amide bonds. The molecule has 0 N–H and O–H groups in total. The molecule has 0 fully saturated rings. The maximum Gasteiger partial charge on any atom is 0.417 e. The molecule has 2 heterocycles. The molecular weight excluding hydrogens is 323 g/mol. The number of rotatable bonds is 5. The number of alkyl halides is 3. The number of halogens is 3. The van der Waals surface area contributed by atoms with E-state index >= 15 is 0 Å².